The molecule has 3 nitrogen and oxygen atoms in total. The SMILES string of the molecule is NC(=O)c1ccccc1[C@H]1c2ccccc2C[C@H]1O. The van der Waals surface area contributed by atoms with Gasteiger partial charge in [0.15, 0.2) is 0 Å². The standard InChI is InChI=1S/C16H15NO2/c17-16(19)13-8-4-3-7-12(13)15-11-6-2-1-5-10(11)9-14(15)18/h1-8,14-15,18H,9H2,(H2,17,19)/t14-,15-/m1/s1. The summed E-state index contributed by atoms with van der Waals surface area (Å²) in [5.74, 6) is -0.618. The monoisotopic (exact) mass is 253 g/mol. The van der Waals surface area contributed by atoms with Gasteiger partial charge in [-0.1, -0.05) is 42.5 Å². The van der Waals surface area contributed by atoms with Crippen molar-refractivity contribution in [2.24, 2.45) is 5.73 Å². The maximum Gasteiger partial charge on any atom is 0.249 e. The molecule has 2 atom stereocenters. The fourth-order valence-corrected chi connectivity index (χ4v) is 2.94. The first-order valence-corrected chi connectivity index (χ1v) is 6.33. The Morgan fingerprint density at radius 1 is 1.05 bits per heavy atom. The molecule has 2 aromatic rings. The van der Waals surface area contributed by atoms with Gasteiger partial charge in [0.25, 0.3) is 0 Å². The highest BCUT2D eigenvalue weighted by atomic mass is 16.3. The van der Waals surface area contributed by atoms with E-state index in [4.69, 9.17) is 5.73 Å². The van der Waals surface area contributed by atoms with E-state index in [-0.39, 0.29) is 5.92 Å². The lowest BCUT2D eigenvalue weighted by Crippen LogP contribution is -2.20. The molecule has 0 saturated carbocycles. The van der Waals surface area contributed by atoms with Gasteiger partial charge in [0.05, 0.1) is 6.10 Å². The molecule has 3 N–H and O–H groups in total. The van der Waals surface area contributed by atoms with Crippen LogP contribution in [0.15, 0.2) is 48.5 Å². The van der Waals surface area contributed by atoms with Crippen LogP contribution in [0.25, 0.3) is 0 Å². The molecule has 0 aromatic heterocycles. The van der Waals surface area contributed by atoms with E-state index in [2.05, 4.69) is 0 Å². The third-order valence-corrected chi connectivity index (χ3v) is 3.77. The Morgan fingerprint density at radius 2 is 1.68 bits per heavy atom. The first-order chi connectivity index (χ1) is 9.18. The predicted molar refractivity (Wildman–Crippen MR) is 73.0 cm³/mol. The van der Waals surface area contributed by atoms with Gasteiger partial charge in [-0.15, -0.1) is 0 Å². The summed E-state index contributed by atoms with van der Waals surface area (Å²) in [6, 6.07) is 15.2. The van der Waals surface area contributed by atoms with Crippen molar-refractivity contribution in [2.75, 3.05) is 0 Å². The zero-order valence-electron chi connectivity index (χ0n) is 10.4. The number of carbonyl (C=O) groups excluding carboxylic acids is 1. The minimum Gasteiger partial charge on any atom is -0.392 e. The zero-order valence-corrected chi connectivity index (χ0v) is 10.4. The molecule has 1 aliphatic carbocycles. The van der Waals surface area contributed by atoms with Crippen LogP contribution in [0.3, 0.4) is 0 Å². The first kappa shape index (κ1) is 11.9. The second-order valence-electron chi connectivity index (χ2n) is 4.90. The lowest BCUT2D eigenvalue weighted by Gasteiger charge is -2.18. The van der Waals surface area contributed by atoms with E-state index in [9.17, 15) is 9.90 Å². The van der Waals surface area contributed by atoms with E-state index in [0.29, 0.717) is 12.0 Å². The van der Waals surface area contributed by atoms with Crippen molar-refractivity contribution >= 4 is 5.91 Å². The van der Waals surface area contributed by atoms with Crippen molar-refractivity contribution in [1.29, 1.82) is 0 Å². The molecular formula is C16H15NO2. The second kappa shape index (κ2) is 4.52. The van der Waals surface area contributed by atoms with Gasteiger partial charge in [-0.05, 0) is 29.2 Å². The van der Waals surface area contributed by atoms with Crippen LogP contribution < -0.4 is 5.73 Å². The number of aliphatic hydroxyl groups excluding tert-OH is 1. The van der Waals surface area contributed by atoms with Crippen LogP contribution in [0.4, 0.5) is 0 Å². The van der Waals surface area contributed by atoms with E-state index in [0.717, 1.165) is 16.7 Å². The van der Waals surface area contributed by atoms with Crippen LogP contribution in [-0.4, -0.2) is 17.1 Å². The van der Waals surface area contributed by atoms with Crippen LogP contribution in [0.5, 0.6) is 0 Å². The average Bonchev–Trinajstić information content (AvgIpc) is 2.74. The molecule has 19 heavy (non-hydrogen) atoms. The molecule has 0 fully saturated rings. The van der Waals surface area contributed by atoms with E-state index < -0.39 is 12.0 Å². The molecule has 0 radical (unpaired) electrons. The number of nitrogens with two attached hydrogens (primary N) is 1. The maximum absolute atomic E-state index is 11.5. The van der Waals surface area contributed by atoms with Gasteiger partial charge < -0.3 is 10.8 Å². The molecular weight excluding hydrogens is 238 g/mol. The van der Waals surface area contributed by atoms with Crippen LogP contribution >= 0.6 is 0 Å². The summed E-state index contributed by atoms with van der Waals surface area (Å²) in [7, 11) is 0. The third-order valence-electron chi connectivity index (χ3n) is 3.77. The number of amides is 1. The first-order valence-electron chi connectivity index (χ1n) is 6.33. The molecule has 3 rings (SSSR count). The van der Waals surface area contributed by atoms with Crippen molar-refractivity contribution in [3.63, 3.8) is 0 Å². The number of rotatable bonds is 2. The Hall–Kier alpha value is -2.13. The number of primary amides is 1. The third kappa shape index (κ3) is 1.92. The van der Waals surface area contributed by atoms with E-state index in [1.54, 1.807) is 12.1 Å². The van der Waals surface area contributed by atoms with Gasteiger partial charge in [-0.2, -0.15) is 0 Å². The molecule has 0 heterocycles. The average molecular weight is 253 g/mol. The molecule has 1 amide bonds. The topological polar surface area (TPSA) is 63.3 Å². The molecule has 0 saturated heterocycles. The highest BCUT2D eigenvalue weighted by Gasteiger charge is 2.33. The predicted octanol–water partition coefficient (Wildman–Crippen LogP) is 1.83. The number of carbonyl (C=O) groups is 1. The van der Waals surface area contributed by atoms with Gasteiger partial charge in [-0.3, -0.25) is 4.79 Å². The number of aliphatic hydroxyl groups is 1. The second-order valence-corrected chi connectivity index (χ2v) is 4.90. The molecule has 3 heteroatoms. The normalized spacial score (nSPS) is 21.1. The van der Waals surface area contributed by atoms with Crippen LogP contribution in [0.1, 0.15) is 33.0 Å². The maximum atomic E-state index is 11.5. The van der Waals surface area contributed by atoms with Gasteiger partial charge in [0, 0.05) is 11.5 Å². The molecule has 2 aromatic carbocycles. The summed E-state index contributed by atoms with van der Waals surface area (Å²) in [5.41, 5.74) is 8.95. The highest BCUT2D eigenvalue weighted by Crippen LogP contribution is 2.39. The Bertz CT molecular complexity index is 636. The minimum absolute atomic E-state index is 0.167. The molecule has 0 aliphatic heterocycles. The number of fused-ring (bicyclic) bond motifs is 1. The summed E-state index contributed by atoms with van der Waals surface area (Å²) in [4.78, 5) is 11.5. The van der Waals surface area contributed by atoms with Gasteiger partial charge in [0.2, 0.25) is 5.91 Å². The van der Waals surface area contributed by atoms with Crippen LogP contribution in [-0.2, 0) is 6.42 Å². The molecule has 0 unspecified atom stereocenters. The Labute approximate surface area is 111 Å². The number of hydrogen-bond donors (Lipinski definition) is 2. The van der Waals surface area contributed by atoms with E-state index >= 15 is 0 Å². The van der Waals surface area contributed by atoms with Gasteiger partial charge >= 0.3 is 0 Å². The lowest BCUT2D eigenvalue weighted by molar-refractivity contribution is 0.0998. The van der Waals surface area contributed by atoms with E-state index in [1.165, 1.54) is 0 Å². The fourth-order valence-electron chi connectivity index (χ4n) is 2.94. The smallest absolute Gasteiger partial charge is 0.249 e. The zero-order chi connectivity index (χ0) is 13.4. The lowest BCUT2D eigenvalue weighted by atomic mass is 9.88. The Kier molecular flexibility index (Phi) is 2.84. The summed E-state index contributed by atoms with van der Waals surface area (Å²) >= 11 is 0. The highest BCUT2D eigenvalue weighted by molar-refractivity contribution is 5.94. The minimum atomic E-state index is -0.502. The summed E-state index contributed by atoms with van der Waals surface area (Å²) < 4.78 is 0. The molecule has 96 valence electrons. The summed E-state index contributed by atoms with van der Waals surface area (Å²) in [5, 5.41) is 10.3. The van der Waals surface area contributed by atoms with Crippen LogP contribution in [0.2, 0.25) is 0 Å². The summed E-state index contributed by atoms with van der Waals surface area (Å²) in [6.07, 6.45) is 0.117. The molecule has 0 bridgehead atoms. The van der Waals surface area contributed by atoms with Crippen molar-refractivity contribution in [1.82, 2.24) is 0 Å². The quantitative estimate of drug-likeness (QED) is 0.857. The van der Waals surface area contributed by atoms with E-state index in [1.807, 2.05) is 36.4 Å². The Balaban J connectivity index is 2.15. The van der Waals surface area contributed by atoms with Crippen molar-refractivity contribution in [3.05, 3.63) is 70.8 Å². The fraction of sp³-hybridized carbons (Fsp3) is 0.188. The largest absolute Gasteiger partial charge is 0.392 e. The number of benzene rings is 2. The molecule has 0 spiro atoms. The van der Waals surface area contributed by atoms with Gasteiger partial charge in [-0.25, -0.2) is 0 Å². The molecule has 1 aliphatic rings. The number of hydrogen-bond acceptors (Lipinski definition) is 2. The van der Waals surface area contributed by atoms with Crippen LogP contribution in [0, 0.1) is 0 Å². The summed E-state index contributed by atoms with van der Waals surface area (Å²) in [6.45, 7) is 0. The van der Waals surface area contributed by atoms with Crippen molar-refractivity contribution < 1.29 is 9.90 Å². The van der Waals surface area contributed by atoms with Crippen molar-refractivity contribution in [3.8, 4) is 0 Å². The van der Waals surface area contributed by atoms with Crippen molar-refractivity contribution in [2.45, 2.75) is 18.4 Å². The van der Waals surface area contributed by atoms with Gasteiger partial charge in [0.1, 0.15) is 0 Å². The Morgan fingerprint density at radius 3 is 2.42 bits per heavy atom.